The third-order valence-corrected chi connectivity index (χ3v) is 7.34. The Hall–Kier alpha value is -3.80. The zero-order valence-corrected chi connectivity index (χ0v) is 16.7. The Morgan fingerprint density at radius 1 is 0.871 bits per heavy atom. The van der Waals surface area contributed by atoms with Crippen molar-refractivity contribution in [1.82, 2.24) is 0 Å². The van der Waals surface area contributed by atoms with Gasteiger partial charge in [0.05, 0.1) is 22.4 Å². The molecule has 0 aromatic heterocycles. The van der Waals surface area contributed by atoms with Crippen molar-refractivity contribution in [3.8, 4) is 0 Å². The summed E-state index contributed by atoms with van der Waals surface area (Å²) >= 11 is 0. The molecule has 2 bridgehead atoms. The van der Waals surface area contributed by atoms with Gasteiger partial charge >= 0.3 is 0 Å². The molecule has 2 amide bonds. The number of nitro benzene ring substituents is 1. The van der Waals surface area contributed by atoms with Gasteiger partial charge in [-0.2, -0.15) is 0 Å². The second kappa shape index (κ2) is 5.88. The summed E-state index contributed by atoms with van der Waals surface area (Å²) in [5.74, 6) is -1.85. The van der Waals surface area contributed by atoms with Crippen molar-refractivity contribution >= 4 is 23.2 Å². The van der Waals surface area contributed by atoms with Crippen LogP contribution in [0.5, 0.6) is 0 Å². The molecule has 152 valence electrons. The molecule has 0 saturated carbocycles. The van der Waals surface area contributed by atoms with E-state index in [1.54, 1.807) is 6.07 Å². The summed E-state index contributed by atoms with van der Waals surface area (Å²) in [6, 6.07) is 21.9. The summed E-state index contributed by atoms with van der Waals surface area (Å²) in [6.45, 7) is 2.06. The molecule has 2 atom stereocenters. The Bertz CT molecular complexity index is 1270. The minimum atomic E-state index is -0.644. The smallest absolute Gasteiger partial charge is 0.271 e. The minimum absolute atomic E-state index is 0.145. The van der Waals surface area contributed by atoms with Crippen LogP contribution in [0.25, 0.3) is 0 Å². The number of hydrogen-bond donors (Lipinski definition) is 0. The first-order valence-electron chi connectivity index (χ1n) is 10.3. The molecule has 3 aliphatic carbocycles. The third-order valence-electron chi connectivity index (χ3n) is 7.34. The monoisotopic (exact) mass is 410 g/mol. The number of carbonyl (C=O) groups excluding carboxylic acids is 2. The van der Waals surface area contributed by atoms with Crippen LogP contribution in [-0.4, -0.2) is 16.7 Å². The summed E-state index contributed by atoms with van der Waals surface area (Å²) in [4.78, 5) is 39.4. The van der Waals surface area contributed by atoms with Crippen LogP contribution in [0.15, 0.2) is 72.8 Å². The lowest BCUT2D eigenvalue weighted by atomic mass is 9.48. The number of benzene rings is 3. The van der Waals surface area contributed by atoms with E-state index in [2.05, 4.69) is 31.2 Å². The Balaban J connectivity index is 1.58. The predicted molar refractivity (Wildman–Crippen MR) is 114 cm³/mol. The van der Waals surface area contributed by atoms with Crippen molar-refractivity contribution in [3.63, 3.8) is 0 Å². The van der Waals surface area contributed by atoms with Crippen LogP contribution in [0.4, 0.5) is 11.4 Å². The Labute approximate surface area is 178 Å². The van der Waals surface area contributed by atoms with Crippen LogP contribution >= 0.6 is 0 Å². The summed E-state index contributed by atoms with van der Waals surface area (Å²) < 4.78 is 0. The van der Waals surface area contributed by atoms with Gasteiger partial charge in [0.2, 0.25) is 11.8 Å². The average Bonchev–Trinajstić information content (AvgIpc) is 3.06. The molecule has 1 aliphatic heterocycles. The van der Waals surface area contributed by atoms with E-state index in [-0.39, 0.29) is 29.1 Å². The van der Waals surface area contributed by atoms with Gasteiger partial charge in [-0.25, -0.2) is 4.90 Å². The molecular formula is C25H18N2O4. The van der Waals surface area contributed by atoms with Crippen molar-refractivity contribution in [1.29, 1.82) is 0 Å². The molecule has 0 spiro atoms. The lowest BCUT2D eigenvalue weighted by Gasteiger charge is -2.52. The van der Waals surface area contributed by atoms with Crippen molar-refractivity contribution in [3.05, 3.63) is 105 Å². The molecule has 6 heteroatoms. The Morgan fingerprint density at radius 2 is 1.48 bits per heavy atom. The van der Waals surface area contributed by atoms with Crippen LogP contribution in [0.2, 0.25) is 0 Å². The number of hydrogen-bond acceptors (Lipinski definition) is 4. The maximum absolute atomic E-state index is 13.8. The van der Waals surface area contributed by atoms with E-state index in [0.29, 0.717) is 0 Å². The fourth-order valence-electron chi connectivity index (χ4n) is 6.15. The zero-order chi connectivity index (χ0) is 21.5. The highest BCUT2D eigenvalue weighted by atomic mass is 16.6. The molecule has 3 aromatic carbocycles. The molecule has 0 radical (unpaired) electrons. The highest BCUT2D eigenvalue weighted by Crippen LogP contribution is 2.64. The molecule has 0 N–H and O–H groups in total. The van der Waals surface area contributed by atoms with Gasteiger partial charge in [0.1, 0.15) is 0 Å². The normalized spacial score (nSPS) is 27.6. The number of nitro groups is 1. The van der Waals surface area contributed by atoms with Gasteiger partial charge in [0, 0.05) is 23.5 Å². The first-order chi connectivity index (χ1) is 14.9. The van der Waals surface area contributed by atoms with Crippen LogP contribution < -0.4 is 4.90 Å². The van der Waals surface area contributed by atoms with Gasteiger partial charge in [-0.1, -0.05) is 61.5 Å². The number of carbonyl (C=O) groups is 2. The van der Waals surface area contributed by atoms with Gasteiger partial charge in [-0.3, -0.25) is 19.7 Å². The van der Waals surface area contributed by atoms with Crippen LogP contribution in [0.1, 0.15) is 35.1 Å². The second-order valence-electron chi connectivity index (χ2n) is 8.65. The largest absolute Gasteiger partial charge is 0.274 e. The molecule has 1 saturated heterocycles. The van der Waals surface area contributed by atoms with E-state index in [1.165, 1.54) is 23.1 Å². The molecule has 4 aliphatic rings. The zero-order valence-electron chi connectivity index (χ0n) is 16.7. The number of rotatable bonds is 2. The Kier molecular flexibility index (Phi) is 3.41. The van der Waals surface area contributed by atoms with E-state index in [9.17, 15) is 19.7 Å². The maximum Gasteiger partial charge on any atom is 0.271 e. The SMILES string of the molecule is CC12c3ccccc3C(c3ccccc31)[C@@H]1C(=O)N(c3cccc([N+](=O)[O-])c3)C(=O)[C@H]12. The van der Waals surface area contributed by atoms with E-state index in [4.69, 9.17) is 0 Å². The summed E-state index contributed by atoms with van der Waals surface area (Å²) in [5.41, 5.74) is 3.82. The number of anilines is 1. The number of imide groups is 1. The fraction of sp³-hybridized carbons (Fsp3) is 0.200. The van der Waals surface area contributed by atoms with Crippen LogP contribution in [0.3, 0.4) is 0 Å². The molecular weight excluding hydrogens is 392 g/mol. The predicted octanol–water partition coefficient (Wildman–Crippen LogP) is 4.17. The van der Waals surface area contributed by atoms with Crippen molar-refractivity contribution < 1.29 is 14.5 Å². The standard InChI is InChI=1S/C25H18N2O4/c1-25-18-11-4-2-9-16(18)20(17-10-3-5-12-19(17)25)21-22(25)24(29)26(23(21)28)14-7-6-8-15(13-14)27(30)31/h2-13,20-22H,1H3/t20?,21-,22-,25?/m0/s1. The maximum atomic E-state index is 13.8. The molecule has 0 unspecified atom stereocenters. The van der Waals surface area contributed by atoms with Gasteiger partial charge in [0.15, 0.2) is 0 Å². The summed E-state index contributed by atoms with van der Waals surface area (Å²) in [7, 11) is 0. The number of non-ortho nitro benzene ring substituents is 1. The highest BCUT2D eigenvalue weighted by molar-refractivity contribution is 6.23. The number of amides is 2. The van der Waals surface area contributed by atoms with E-state index in [0.717, 1.165) is 22.3 Å². The van der Waals surface area contributed by atoms with Gasteiger partial charge in [-0.05, 0) is 28.3 Å². The molecule has 1 fully saturated rings. The lowest BCUT2D eigenvalue weighted by Crippen LogP contribution is -2.51. The summed E-state index contributed by atoms with van der Waals surface area (Å²) in [5, 5.41) is 11.3. The van der Waals surface area contributed by atoms with Gasteiger partial charge in [0.25, 0.3) is 5.69 Å². The molecule has 31 heavy (non-hydrogen) atoms. The lowest BCUT2D eigenvalue weighted by molar-refractivity contribution is -0.384. The van der Waals surface area contributed by atoms with E-state index in [1.807, 2.05) is 24.3 Å². The molecule has 1 heterocycles. The quantitative estimate of drug-likeness (QED) is 0.361. The van der Waals surface area contributed by atoms with E-state index < -0.39 is 22.2 Å². The average molecular weight is 410 g/mol. The molecule has 6 nitrogen and oxygen atoms in total. The fourth-order valence-corrected chi connectivity index (χ4v) is 6.15. The topological polar surface area (TPSA) is 80.5 Å². The van der Waals surface area contributed by atoms with Crippen molar-refractivity contribution in [2.45, 2.75) is 18.3 Å². The highest BCUT2D eigenvalue weighted by Gasteiger charge is 2.66. The number of nitrogens with zero attached hydrogens (tertiary/aromatic N) is 2. The van der Waals surface area contributed by atoms with Gasteiger partial charge in [-0.15, -0.1) is 0 Å². The Morgan fingerprint density at radius 3 is 2.10 bits per heavy atom. The molecule has 7 rings (SSSR count). The van der Waals surface area contributed by atoms with Crippen molar-refractivity contribution in [2.75, 3.05) is 4.90 Å². The minimum Gasteiger partial charge on any atom is -0.274 e. The first kappa shape index (κ1) is 18.0. The third kappa shape index (κ3) is 2.06. The van der Waals surface area contributed by atoms with Gasteiger partial charge < -0.3 is 0 Å². The first-order valence-corrected chi connectivity index (χ1v) is 10.3. The summed E-state index contributed by atoms with van der Waals surface area (Å²) in [6.07, 6.45) is 0. The van der Waals surface area contributed by atoms with Crippen LogP contribution in [-0.2, 0) is 15.0 Å². The van der Waals surface area contributed by atoms with E-state index >= 15 is 0 Å². The van der Waals surface area contributed by atoms with Crippen molar-refractivity contribution in [2.24, 2.45) is 11.8 Å². The second-order valence-corrected chi connectivity index (χ2v) is 8.65. The molecule has 3 aromatic rings. The van der Waals surface area contributed by atoms with Crippen LogP contribution in [0, 0.1) is 22.0 Å².